The number of likely N-dealkylation sites (N-methyl/N-ethyl adjacent to an activating group) is 1. The highest BCUT2D eigenvalue weighted by molar-refractivity contribution is 7.10. The number of carbonyl (C=O) groups is 2. The maximum atomic E-state index is 14.0. The van der Waals surface area contributed by atoms with E-state index in [4.69, 9.17) is 0 Å². The van der Waals surface area contributed by atoms with Crippen molar-refractivity contribution in [3.8, 4) is 0 Å². The first kappa shape index (κ1) is 22.2. The van der Waals surface area contributed by atoms with Gasteiger partial charge < -0.3 is 20.4 Å². The van der Waals surface area contributed by atoms with Gasteiger partial charge in [0, 0.05) is 49.2 Å². The molecular formula is C22H29FN4O2S. The van der Waals surface area contributed by atoms with E-state index in [1.807, 2.05) is 24.4 Å². The van der Waals surface area contributed by atoms with Crippen molar-refractivity contribution in [3.63, 3.8) is 0 Å². The smallest absolute Gasteiger partial charge is 0.222 e. The van der Waals surface area contributed by atoms with Crippen molar-refractivity contribution in [2.75, 3.05) is 38.1 Å². The van der Waals surface area contributed by atoms with Crippen LogP contribution in [0, 0.1) is 5.82 Å². The van der Waals surface area contributed by atoms with Gasteiger partial charge >= 0.3 is 0 Å². The van der Waals surface area contributed by atoms with Gasteiger partial charge in [-0.15, -0.1) is 11.3 Å². The zero-order valence-electron chi connectivity index (χ0n) is 17.7. The molecule has 162 valence electrons. The summed E-state index contributed by atoms with van der Waals surface area (Å²) < 4.78 is 14.0. The molecule has 30 heavy (non-hydrogen) atoms. The van der Waals surface area contributed by atoms with Crippen LogP contribution in [0.15, 0.2) is 35.7 Å². The van der Waals surface area contributed by atoms with Gasteiger partial charge in [-0.1, -0.05) is 6.07 Å². The van der Waals surface area contributed by atoms with Crippen LogP contribution in [-0.4, -0.2) is 49.9 Å². The normalized spacial score (nSPS) is 16.7. The fourth-order valence-corrected chi connectivity index (χ4v) is 4.51. The number of nitrogens with zero attached hydrogens (tertiary/aromatic N) is 2. The summed E-state index contributed by atoms with van der Waals surface area (Å²) in [6.07, 6.45) is 0.129. The van der Waals surface area contributed by atoms with Crippen LogP contribution in [0.1, 0.15) is 42.8 Å². The fraction of sp³-hybridized carbons (Fsp3) is 0.455. The predicted octanol–water partition coefficient (Wildman–Crippen LogP) is 3.08. The third-order valence-electron chi connectivity index (χ3n) is 5.33. The average molecular weight is 433 g/mol. The molecule has 0 radical (unpaired) electrons. The Labute approximate surface area is 181 Å². The molecule has 2 heterocycles. The van der Waals surface area contributed by atoms with Gasteiger partial charge in [-0.2, -0.15) is 0 Å². The van der Waals surface area contributed by atoms with E-state index in [1.54, 1.807) is 6.07 Å². The van der Waals surface area contributed by atoms with Crippen molar-refractivity contribution in [3.05, 3.63) is 52.0 Å². The van der Waals surface area contributed by atoms with Crippen molar-refractivity contribution >= 4 is 28.8 Å². The quantitative estimate of drug-likeness (QED) is 0.706. The number of carbonyl (C=O) groups excluding carboxylic acids is 2. The highest BCUT2D eigenvalue weighted by atomic mass is 32.1. The molecule has 1 aromatic carbocycles. The van der Waals surface area contributed by atoms with E-state index in [0.29, 0.717) is 0 Å². The molecule has 2 aromatic rings. The van der Waals surface area contributed by atoms with Gasteiger partial charge in [-0.25, -0.2) is 4.39 Å². The summed E-state index contributed by atoms with van der Waals surface area (Å²) in [5, 5.41) is 7.74. The Kier molecular flexibility index (Phi) is 7.44. The Balaban J connectivity index is 1.71. The molecule has 3 rings (SSSR count). The lowest BCUT2D eigenvalue weighted by molar-refractivity contribution is -0.123. The first-order valence-corrected chi connectivity index (χ1v) is 11.0. The topological polar surface area (TPSA) is 64.7 Å². The van der Waals surface area contributed by atoms with Crippen LogP contribution >= 0.6 is 11.3 Å². The van der Waals surface area contributed by atoms with Crippen LogP contribution in [0.2, 0.25) is 0 Å². The lowest BCUT2D eigenvalue weighted by Crippen LogP contribution is -2.45. The summed E-state index contributed by atoms with van der Waals surface area (Å²) >= 11 is 1.50. The number of hydrogen-bond acceptors (Lipinski definition) is 5. The second-order valence-electron chi connectivity index (χ2n) is 7.76. The van der Waals surface area contributed by atoms with Gasteiger partial charge in [0.1, 0.15) is 5.82 Å². The summed E-state index contributed by atoms with van der Waals surface area (Å²) in [7, 11) is 2.09. The number of anilines is 1. The summed E-state index contributed by atoms with van der Waals surface area (Å²) in [6.45, 7) is 6.91. The number of hydrogen-bond donors (Lipinski definition) is 2. The van der Waals surface area contributed by atoms with E-state index >= 15 is 0 Å². The van der Waals surface area contributed by atoms with Gasteiger partial charge in [-0.3, -0.25) is 9.59 Å². The molecule has 0 spiro atoms. The number of benzene rings is 1. The van der Waals surface area contributed by atoms with Crippen LogP contribution in [0.4, 0.5) is 10.1 Å². The first-order valence-electron chi connectivity index (χ1n) is 10.2. The van der Waals surface area contributed by atoms with Gasteiger partial charge in [0.15, 0.2) is 0 Å². The first-order chi connectivity index (χ1) is 14.3. The van der Waals surface area contributed by atoms with E-state index in [-0.39, 0.29) is 36.1 Å². The Morgan fingerprint density at radius 2 is 1.90 bits per heavy atom. The molecule has 1 aromatic heterocycles. The maximum absolute atomic E-state index is 14.0. The van der Waals surface area contributed by atoms with Crippen molar-refractivity contribution in [1.29, 1.82) is 0 Å². The molecule has 0 saturated carbocycles. The summed E-state index contributed by atoms with van der Waals surface area (Å²) in [5.74, 6) is -0.696. The van der Waals surface area contributed by atoms with Crippen LogP contribution in [-0.2, 0) is 9.59 Å². The largest absolute Gasteiger partial charge is 0.369 e. The lowest BCUT2D eigenvalue weighted by Gasteiger charge is -2.36. The van der Waals surface area contributed by atoms with Crippen LogP contribution in [0.5, 0.6) is 0 Å². The van der Waals surface area contributed by atoms with Crippen LogP contribution < -0.4 is 15.5 Å². The highest BCUT2D eigenvalue weighted by Gasteiger charge is 2.23. The van der Waals surface area contributed by atoms with Crippen LogP contribution in [0.25, 0.3) is 0 Å². The monoisotopic (exact) mass is 432 g/mol. The minimum Gasteiger partial charge on any atom is -0.369 e. The fourth-order valence-electron chi connectivity index (χ4n) is 3.73. The van der Waals surface area contributed by atoms with E-state index in [0.717, 1.165) is 42.3 Å². The van der Waals surface area contributed by atoms with Gasteiger partial charge in [-0.05, 0) is 43.6 Å². The third-order valence-corrected chi connectivity index (χ3v) is 6.32. The van der Waals surface area contributed by atoms with Crippen molar-refractivity contribution in [2.45, 2.75) is 32.4 Å². The highest BCUT2D eigenvalue weighted by Crippen LogP contribution is 2.29. The Hall–Kier alpha value is -2.45. The third kappa shape index (κ3) is 5.79. The molecule has 1 aliphatic heterocycles. The molecule has 8 heteroatoms. The number of amides is 2. The molecule has 1 fully saturated rings. The number of halogens is 1. The van der Waals surface area contributed by atoms with Gasteiger partial charge in [0.2, 0.25) is 11.8 Å². The van der Waals surface area contributed by atoms with Gasteiger partial charge in [0.05, 0.1) is 18.5 Å². The van der Waals surface area contributed by atoms with E-state index in [1.165, 1.54) is 30.4 Å². The lowest BCUT2D eigenvalue weighted by atomic mass is 10.0. The number of piperazine rings is 1. The van der Waals surface area contributed by atoms with Crippen molar-refractivity contribution in [2.24, 2.45) is 0 Å². The SMILES string of the molecule is CC(=O)NC(CC(=O)NC(C)c1cc(F)ccc1N1CCN(C)CC1)c1cccs1. The molecular weight excluding hydrogens is 403 g/mol. The summed E-state index contributed by atoms with van der Waals surface area (Å²) in [4.78, 5) is 29.8. The standard InChI is InChI=1S/C22H29FN4O2S/c1-15(24-22(29)14-19(25-16(2)28)21-5-4-12-30-21)18-13-17(23)6-7-20(18)27-10-8-26(3)9-11-27/h4-7,12-13,15,19H,8-11,14H2,1-3H3,(H,24,29)(H,25,28). The maximum Gasteiger partial charge on any atom is 0.222 e. The molecule has 2 amide bonds. The van der Waals surface area contributed by atoms with Gasteiger partial charge in [0.25, 0.3) is 0 Å². The minimum atomic E-state index is -0.376. The van der Waals surface area contributed by atoms with E-state index in [2.05, 4.69) is 27.5 Å². The Bertz CT molecular complexity index is 866. The zero-order chi connectivity index (χ0) is 21.7. The molecule has 6 nitrogen and oxygen atoms in total. The van der Waals surface area contributed by atoms with Crippen molar-refractivity contribution in [1.82, 2.24) is 15.5 Å². The molecule has 2 N–H and O–H groups in total. The molecule has 1 aliphatic rings. The number of thiophene rings is 1. The van der Waals surface area contributed by atoms with E-state index < -0.39 is 0 Å². The van der Waals surface area contributed by atoms with Crippen LogP contribution in [0.3, 0.4) is 0 Å². The molecule has 2 atom stereocenters. The second-order valence-corrected chi connectivity index (χ2v) is 8.73. The number of rotatable bonds is 7. The average Bonchev–Trinajstić information content (AvgIpc) is 3.22. The summed E-state index contributed by atoms with van der Waals surface area (Å²) in [6, 6.07) is 7.83. The molecule has 0 bridgehead atoms. The molecule has 2 unspecified atom stereocenters. The summed E-state index contributed by atoms with van der Waals surface area (Å²) in [5.41, 5.74) is 1.72. The Morgan fingerprint density at radius 1 is 1.17 bits per heavy atom. The van der Waals surface area contributed by atoms with Crippen molar-refractivity contribution < 1.29 is 14.0 Å². The Morgan fingerprint density at radius 3 is 2.53 bits per heavy atom. The molecule has 0 aliphatic carbocycles. The van der Waals surface area contributed by atoms with E-state index in [9.17, 15) is 14.0 Å². The predicted molar refractivity (Wildman–Crippen MR) is 118 cm³/mol. The minimum absolute atomic E-state index is 0.129. The molecule has 1 saturated heterocycles. The second kappa shape index (κ2) is 10.0. The number of nitrogens with one attached hydrogen (secondary N) is 2. The zero-order valence-corrected chi connectivity index (χ0v) is 18.5.